The third kappa shape index (κ3) is 2.18. The molecule has 2 aromatic heterocycles. The van der Waals surface area contributed by atoms with Crippen molar-refractivity contribution in [3.05, 3.63) is 48.6 Å². The number of nitrogen functional groups attached to an aromatic ring is 1. The number of hydrogen-bond acceptors (Lipinski definition) is 5. The van der Waals surface area contributed by atoms with E-state index in [1.165, 1.54) is 23.2 Å². The Morgan fingerprint density at radius 2 is 1.95 bits per heavy atom. The zero-order valence-corrected chi connectivity index (χ0v) is 10.0. The molecule has 100 valence electrons. The van der Waals surface area contributed by atoms with Crippen molar-refractivity contribution in [2.45, 2.75) is 0 Å². The summed E-state index contributed by atoms with van der Waals surface area (Å²) in [6.45, 7) is 0. The molecule has 0 spiro atoms. The molecule has 20 heavy (non-hydrogen) atoms. The number of nitrogens with zero attached hydrogens (tertiary/aromatic N) is 5. The van der Waals surface area contributed by atoms with Crippen molar-refractivity contribution in [3.63, 3.8) is 0 Å². The fourth-order valence-corrected chi connectivity index (χ4v) is 1.66. The number of rotatable bonds is 2. The van der Waals surface area contributed by atoms with Gasteiger partial charge in [0.25, 0.3) is 0 Å². The maximum atomic E-state index is 13.7. The Morgan fingerprint density at radius 3 is 2.65 bits per heavy atom. The molecule has 2 heterocycles. The fraction of sp³-hybridized carbons (Fsp3) is 0. The van der Waals surface area contributed by atoms with Crippen molar-refractivity contribution in [1.29, 1.82) is 0 Å². The average molecular weight is 274 g/mol. The van der Waals surface area contributed by atoms with Gasteiger partial charge >= 0.3 is 0 Å². The first-order valence-electron chi connectivity index (χ1n) is 5.59. The number of nitrogens with two attached hydrogens (primary N) is 1. The maximum absolute atomic E-state index is 13.7. The highest BCUT2D eigenvalue weighted by molar-refractivity contribution is 5.57. The van der Waals surface area contributed by atoms with Crippen LogP contribution in [0.3, 0.4) is 0 Å². The first kappa shape index (κ1) is 12.2. The molecule has 3 rings (SSSR count). The summed E-state index contributed by atoms with van der Waals surface area (Å²) in [4.78, 5) is 15.7. The average Bonchev–Trinajstić information content (AvgIpc) is 2.91. The minimum absolute atomic E-state index is 0.0266. The highest BCUT2D eigenvalue weighted by Gasteiger charge is 2.12. The number of hydrogen-bond donors (Lipinski definition) is 1. The van der Waals surface area contributed by atoms with Crippen molar-refractivity contribution in [3.8, 4) is 17.3 Å². The molecule has 1 aromatic carbocycles. The molecule has 6 nitrogen and oxygen atoms in total. The molecule has 0 fully saturated rings. The van der Waals surface area contributed by atoms with Crippen LogP contribution in [0, 0.1) is 11.6 Å². The van der Waals surface area contributed by atoms with Gasteiger partial charge in [0.2, 0.25) is 11.9 Å². The fourth-order valence-electron chi connectivity index (χ4n) is 1.66. The molecule has 0 unspecified atom stereocenters. The molecule has 0 aliphatic carbocycles. The zero-order chi connectivity index (χ0) is 14.1. The van der Waals surface area contributed by atoms with Crippen LogP contribution in [0.1, 0.15) is 0 Å². The number of anilines is 1. The second-order valence-electron chi connectivity index (χ2n) is 3.91. The van der Waals surface area contributed by atoms with E-state index in [9.17, 15) is 8.78 Å². The molecule has 0 saturated carbocycles. The monoisotopic (exact) mass is 274 g/mol. The Morgan fingerprint density at radius 1 is 1.10 bits per heavy atom. The highest BCUT2D eigenvalue weighted by Crippen LogP contribution is 2.21. The Bertz CT molecular complexity index is 757. The van der Waals surface area contributed by atoms with Gasteiger partial charge in [-0.1, -0.05) is 0 Å². The third-order valence-electron chi connectivity index (χ3n) is 2.55. The lowest BCUT2D eigenvalue weighted by Crippen LogP contribution is -2.07. The molecule has 0 aliphatic rings. The SMILES string of the molecule is Nc1nc(-c2ccc(F)cc2F)nc(-n2ccnc2)n1. The van der Waals surface area contributed by atoms with Gasteiger partial charge in [-0.15, -0.1) is 0 Å². The van der Waals surface area contributed by atoms with Crippen molar-refractivity contribution < 1.29 is 8.78 Å². The standard InChI is InChI=1S/C12H8F2N6/c13-7-1-2-8(9(14)5-7)10-17-11(15)19-12(18-10)20-4-3-16-6-20/h1-6H,(H2,15,17,18,19). The Hall–Kier alpha value is -2.90. The predicted molar refractivity (Wildman–Crippen MR) is 66.7 cm³/mol. The number of aromatic nitrogens is 5. The summed E-state index contributed by atoms with van der Waals surface area (Å²) in [5, 5.41) is 0. The van der Waals surface area contributed by atoms with E-state index in [2.05, 4.69) is 19.9 Å². The minimum Gasteiger partial charge on any atom is -0.368 e. The number of imidazole rings is 1. The topological polar surface area (TPSA) is 82.5 Å². The van der Waals surface area contributed by atoms with Crippen LogP contribution in [0.15, 0.2) is 36.9 Å². The molecule has 0 bridgehead atoms. The molecule has 0 radical (unpaired) electrons. The Labute approximate surface area is 112 Å². The normalized spacial score (nSPS) is 10.7. The van der Waals surface area contributed by atoms with Gasteiger partial charge < -0.3 is 5.73 Å². The van der Waals surface area contributed by atoms with E-state index in [1.54, 1.807) is 6.20 Å². The van der Waals surface area contributed by atoms with E-state index in [1.807, 2.05) is 0 Å². The van der Waals surface area contributed by atoms with Crippen molar-refractivity contribution >= 4 is 5.95 Å². The van der Waals surface area contributed by atoms with Gasteiger partial charge in [-0.2, -0.15) is 15.0 Å². The van der Waals surface area contributed by atoms with Gasteiger partial charge in [-0.05, 0) is 12.1 Å². The summed E-state index contributed by atoms with van der Waals surface area (Å²) < 4.78 is 28.2. The van der Waals surface area contributed by atoms with Crippen molar-refractivity contribution in [2.24, 2.45) is 0 Å². The summed E-state index contributed by atoms with van der Waals surface area (Å²) in [6, 6.07) is 3.12. The van der Waals surface area contributed by atoms with Crippen LogP contribution in [-0.2, 0) is 0 Å². The summed E-state index contributed by atoms with van der Waals surface area (Å²) >= 11 is 0. The van der Waals surface area contributed by atoms with Crippen LogP contribution < -0.4 is 5.73 Å². The van der Waals surface area contributed by atoms with Crippen LogP contribution in [0.25, 0.3) is 17.3 Å². The second-order valence-corrected chi connectivity index (χ2v) is 3.91. The molecule has 0 atom stereocenters. The van der Waals surface area contributed by atoms with E-state index >= 15 is 0 Å². The van der Waals surface area contributed by atoms with E-state index in [-0.39, 0.29) is 23.3 Å². The lowest BCUT2D eigenvalue weighted by atomic mass is 10.2. The van der Waals surface area contributed by atoms with Gasteiger partial charge in [0.05, 0.1) is 5.56 Å². The van der Waals surface area contributed by atoms with Crippen LogP contribution >= 0.6 is 0 Å². The van der Waals surface area contributed by atoms with E-state index < -0.39 is 11.6 Å². The smallest absolute Gasteiger partial charge is 0.240 e. The maximum Gasteiger partial charge on any atom is 0.240 e. The van der Waals surface area contributed by atoms with Crippen LogP contribution in [0.4, 0.5) is 14.7 Å². The van der Waals surface area contributed by atoms with E-state index in [0.29, 0.717) is 0 Å². The highest BCUT2D eigenvalue weighted by atomic mass is 19.1. The molecule has 0 saturated heterocycles. The molecule has 3 aromatic rings. The first-order valence-corrected chi connectivity index (χ1v) is 5.59. The quantitative estimate of drug-likeness (QED) is 0.767. The largest absolute Gasteiger partial charge is 0.368 e. The Balaban J connectivity index is 2.14. The first-order chi connectivity index (χ1) is 9.63. The van der Waals surface area contributed by atoms with Gasteiger partial charge in [0.15, 0.2) is 5.82 Å². The van der Waals surface area contributed by atoms with Gasteiger partial charge in [0, 0.05) is 18.5 Å². The third-order valence-corrected chi connectivity index (χ3v) is 2.55. The molecule has 0 amide bonds. The number of halogens is 2. The van der Waals surface area contributed by atoms with Crippen LogP contribution in [-0.4, -0.2) is 24.5 Å². The van der Waals surface area contributed by atoms with Crippen LogP contribution in [0.2, 0.25) is 0 Å². The molecule has 8 heteroatoms. The van der Waals surface area contributed by atoms with Crippen LogP contribution in [0.5, 0.6) is 0 Å². The lowest BCUT2D eigenvalue weighted by molar-refractivity contribution is 0.585. The van der Waals surface area contributed by atoms with Gasteiger partial charge in [-0.25, -0.2) is 13.8 Å². The zero-order valence-electron chi connectivity index (χ0n) is 10.0. The number of benzene rings is 1. The molecular weight excluding hydrogens is 266 g/mol. The lowest BCUT2D eigenvalue weighted by Gasteiger charge is -2.06. The summed E-state index contributed by atoms with van der Waals surface area (Å²) in [5.41, 5.74) is 5.63. The minimum atomic E-state index is -0.771. The molecule has 2 N–H and O–H groups in total. The van der Waals surface area contributed by atoms with E-state index in [0.717, 1.165) is 12.1 Å². The van der Waals surface area contributed by atoms with Crippen molar-refractivity contribution in [2.75, 3.05) is 5.73 Å². The van der Waals surface area contributed by atoms with Crippen molar-refractivity contribution in [1.82, 2.24) is 24.5 Å². The summed E-state index contributed by atoms with van der Waals surface area (Å²) in [6.07, 6.45) is 4.62. The molecule has 0 aliphatic heterocycles. The van der Waals surface area contributed by atoms with Gasteiger partial charge in [0.1, 0.15) is 18.0 Å². The molecular formula is C12H8F2N6. The second kappa shape index (κ2) is 4.65. The summed E-state index contributed by atoms with van der Waals surface area (Å²) in [7, 11) is 0. The van der Waals surface area contributed by atoms with Gasteiger partial charge in [-0.3, -0.25) is 4.57 Å². The Kier molecular flexibility index (Phi) is 2.82. The van der Waals surface area contributed by atoms with E-state index in [4.69, 9.17) is 5.73 Å². The summed E-state index contributed by atoms with van der Waals surface area (Å²) in [5.74, 6) is -1.29. The predicted octanol–water partition coefficient (Wildman–Crippen LogP) is 1.58.